The number of ether oxygens (including phenoxy) is 1. The molecule has 2 aromatic rings. The molecule has 0 unspecified atom stereocenters. The molecule has 1 aromatic heterocycles. The first-order chi connectivity index (χ1) is 15.0. The number of aliphatic imine (C=N–C) groups is 1. The average molecular weight is 467 g/mol. The highest BCUT2D eigenvalue weighted by molar-refractivity contribution is 6.34. The quantitative estimate of drug-likeness (QED) is 0.631. The Morgan fingerprint density at radius 1 is 1.47 bits per heavy atom. The first-order valence-corrected chi connectivity index (χ1v) is 9.61. The zero-order valence-electron chi connectivity index (χ0n) is 17.0. The summed E-state index contributed by atoms with van der Waals surface area (Å²) in [6, 6.07) is 6.46. The molecule has 3 rings (SSSR count). The van der Waals surface area contributed by atoms with Gasteiger partial charge in [-0.3, -0.25) is 4.79 Å². The van der Waals surface area contributed by atoms with Gasteiger partial charge in [-0.25, -0.2) is 9.67 Å². The number of nitriles is 1. The van der Waals surface area contributed by atoms with E-state index in [1.54, 1.807) is 0 Å². The number of allylic oxidation sites excluding steroid dienone is 1. The maximum atomic E-state index is 13.5. The zero-order valence-corrected chi connectivity index (χ0v) is 17.8. The molecule has 8 nitrogen and oxygen atoms in total. The van der Waals surface area contributed by atoms with Crippen LogP contribution in [0.1, 0.15) is 34.3 Å². The van der Waals surface area contributed by atoms with E-state index in [0.717, 1.165) is 24.2 Å². The van der Waals surface area contributed by atoms with E-state index >= 15 is 0 Å². The van der Waals surface area contributed by atoms with E-state index in [1.807, 2.05) is 0 Å². The summed E-state index contributed by atoms with van der Waals surface area (Å²) < 4.78 is 46.0. The van der Waals surface area contributed by atoms with Gasteiger partial charge in [-0.1, -0.05) is 17.7 Å². The Bertz CT molecular complexity index is 1160. The standard InChI is InChI=1S/C20H18ClF3N6O2/c1-30-16(15(20(22,23)24)18(29-30)32-2)27-9-12(8-25)11-3-4-14(21)13(7-11)17(31)28-19(10-26)5-6-19/h3-4,7-9H,5-6,25H2,1-2H3,(H,28,31). The van der Waals surface area contributed by atoms with Crippen LogP contribution < -0.4 is 15.8 Å². The van der Waals surface area contributed by atoms with E-state index in [9.17, 15) is 18.0 Å². The summed E-state index contributed by atoms with van der Waals surface area (Å²) in [6.07, 6.45) is -1.41. The van der Waals surface area contributed by atoms with Gasteiger partial charge in [0.2, 0.25) is 5.88 Å². The van der Waals surface area contributed by atoms with Crippen LogP contribution in [0.4, 0.5) is 19.0 Å². The van der Waals surface area contributed by atoms with Gasteiger partial charge in [0.1, 0.15) is 5.54 Å². The smallest absolute Gasteiger partial charge is 0.425 e. The van der Waals surface area contributed by atoms with Crippen LogP contribution in [0.3, 0.4) is 0 Å². The number of nitrogens with two attached hydrogens (primary N) is 1. The third-order valence-corrected chi connectivity index (χ3v) is 5.16. The number of halogens is 4. The van der Waals surface area contributed by atoms with Crippen molar-refractivity contribution in [3.8, 4) is 11.9 Å². The predicted octanol–water partition coefficient (Wildman–Crippen LogP) is 3.59. The number of hydrogen-bond acceptors (Lipinski definition) is 6. The highest BCUT2D eigenvalue weighted by Gasteiger charge is 2.45. The Balaban J connectivity index is 1.94. The van der Waals surface area contributed by atoms with Crippen molar-refractivity contribution >= 4 is 35.1 Å². The van der Waals surface area contributed by atoms with Crippen LogP contribution in [-0.2, 0) is 13.2 Å². The Kier molecular flexibility index (Phi) is 6.18. The van der Waals surface area contributed by atoms with Gasteiger partial charge in [0.15, 0.2) is 11.4 Å². The highest BCUT2D eigenvalue weighted by atomic mass is 35.5. The average Bonchev–Trinajstić information content (AvgIpc) is 3.43. The van der Waals surface area contributed by atoms with E-state index in [2.05, 4.69) is 21.5 Å². The molecule has 0 aliphatic heterocycles. The van der Waals surface area contributed by atoms with Gasteiger partial charge in [0.05, 0.1) is 23.8 Å². The van der Waals surface area contributed by atoms with Gasteiger partial charge in [0.25, 0.3) is 5.91 Å². The molecule has 1 fully saturated rings. The van der Waals surface area contributed by atoms with Gasteiger partial charge in [0, 0.05) is 25.0 Å². The number of carbonyl (C=O) groups is 1. The lowest BCUT2D eigenvalue weighted by atomic mass is 10.0. The second-order valence-corrected chi connectivity index (χ2v) is 7.46. The number of rotatable bonds is 6. The third-order valence-electron chi connectivity index (χ3n) is 4.83. The Morgan fingerprint density at radius 2 is 2.16 bits per heavy atom. The molecule has 1 saturated carbocycles. The van der Waals surface area contributed by atoms with Gasteiger partial charge < -0.3 is 15.8 Å². The second-order valence-electron chi connectivity index (χ2n) is 7.05. The first kappa shape index (κ1) is 23.1. The van der Waals surface area contributed by atoms with Crippen molar-refractivity contribution in [2.45, 2.75) is 24.6 Å². The van der Waals surface area contributed by atoms with Crippen LogP contribution in [0.25, 0.3) is 5.57 Å². The zero-order chi connectivity index (χ0) is 23.7. The number of nitrogens with zero attached hydrogens (tertiary/aromatic N) is 4. The number of aromatic nitrogens is 2. The lowest BCUT2D eigenvalue weighted by molar-refractivity contribution is -0.138. The molecule has 1 amide bonds. The van der Waals surface area contributed by atoms with Crippen molar-refractivity contribution in [1.82, 2.24) is 15.1 Å². The summed E-state index contributed by atoms with van der Waals surface area (Å²) in [6.45, 7) is 0. The summed E-state index contributed by atoms with van der Waals surface area (Å²) >= 11 is 6.14. The largest absolute Gasteiger partial charge is 0.479 e. The molecule has 3 N–H and O–H groups in total. The summed E-state index contributed by atoms with van der Waals surface area (Å²) in [5.41, 5.74) is 4.35. The Hall–Kier alpha value is -3.52. The molecule has 0 saturated heterocycles. The summed E-state index contributed by atoms with van der Waals surface area (Å²) in [7, 11) is 2.37. The topological polar surface area (TPSA) is 118 Å². The summed E-state index contributed by atoms with van der Waals surface area (Å²) in [5, 5.41) is 15.6. The number of nitrogens with one attached hydrogen (secondary N) is 1. The van der Waals surface area contributed by atoms with E-state index in [1.165, 1.54) is 25.2 Å². The van der Waals surface area contributed by atoms with Crippen molar-refractivity contribution in [3.05, 3.63) is 46.1 Å². The van der Waals surface area contributed by atoms with E-state index in [0.29, 0.717) is 18.4 Å². The fraction of sp³-hybridized carbons (Fsp3) is 0.300. The highest BCUT2D eigenvalue weighted by Crippen LogP contribution is 2.42. The number of aryl methyl sites for hydroxylation is 1. The molecule has 1 heterocycles. The summed E-state index contributed by atoms with van der Waals surface area (Å²) in [4.78, 5) is 16.5. The van der Waals surface area contributed by atoms with Crippen molar-refractivity contribution < 1.29 is 22.7 Å². The molecule has 1 aromatic carbocycles. The van der Waals surface area contributed by atoms with Gasteiger partial charge in [-0.15, -0.1) is 5.10 Å². The minimum Gasteiger partial charge on any atom is -0.479 e. The number of alkyl halides is 3. The van der Waals surface area contributed by atoms with Crippen molar-refractivity contribution in [2.24, 2.45) is 17.8 Å². The lowest BCUT2D eigenvalue weighted by Gasteiger charge is -2.12. The number of methoxy groups -OCH3 is 1. The molecule has 1 aliphatic carbocycles. The second kappa shape index (κ2) is 8.55. The maximum absolute atomic E-state index is 13.5. The molecule has 1 aliphatic rings. The van der Waals surface area contributed by atoms with Crippen molar-refractivity contribution in [3.63, 3.8) is 0 Å². The number of carbonyl (C=O) groups excluding carboxylic acids is 1. The van der Waals surface area contributed by atoms with Crippen LogP contribution in [-0.4, -0.2) is 34.6 Å². The van der Waals surface area contributed by atoms with Crippen molar-refractivity contribution in [2.75, 3.05) is 7.11 Å². The van der Waals surface area contributed by atoms with E-state index in [4.69, 9.17) is 27.3 Å². The molecular weight excluding hydrogens is 449 g/mol. The van der Waals surface area contributed by atoms with Crippen LogP contribution in [0.5, 0.6) is 5.88 Å². The molecule has 12 heteroatoms. The molecular formula is C20H18ClF3N6O2. The minimum absolute atomic E-state index is 0.0941. The van der Waals surface area contributed by atoms with E-state index < -0.39 is 34.9 Å². The van der Waals surface area contributed by atoms with Crippen LogP contribution in [0.2, 0.25) is 5.02 Å². The van der Waals surface area contributed by atoms with Gasteiger partial charge in [-0.05, 0) is 30.5 Å². The SMILES string of the molecule is COc1nn(C)c(N=CC(=CN)c2ccc(Cl)c(C(=O)NC3(C#N)CC3)c2)c1C(F)(F)F. The molecule has 0 bridgehead atoms. The number of benzene rings is 1. The summed E-state index contributed by atoms with van der Waals surface area (Å²) in [5.74, 6) is -1.63. The van der Waals surface area contributed by atoms with E-state index in [-0.39, 0.29) is 16.2 Å². The van der Waals surface area contributed by atoms with Crippen LogP contribution in [0, 0.1) is 11.3 Å². The first-order valence-electron chi connectivity index (χ1n) is 9.23. The predicted molar refractivity (Wildman–Crippen MR) is 112 cm³/mol. The number of amides is 1. The molecule has 0 atom stereocenters. The fourth-order valence-electron chi connectivity index (χ4n) is 2.93. The van der Waals surface area contributed by atoms with Gasteiger partial charge in [-0.2, -0.15) is 18.4 Å². The lowest BCUT2D eigenvalue weighted by Crippen LogP contribution is -2.35. The molecule has 0 spiro atoms. The fourth-order valence-corrected chi connectivity index (χ4v) is 3.13. The Labute approximate surface area is 186 Å². The number of hydrogen-bond donors (Lipinski definition) is 2. The normalized spacial score (nSPS) is 15.5. The monoisotopic (exact) mass is 466 g/mol. The molecule has 32 heavy (non-hydrogen) atoms. The van der Waals surface area contributed by atoms with Gasteiger partial charge >= 0.3 is 6.18 Å². The molecule has 168 valence electrons. The van der Waals surface area contributed by atoms with Crippen LogP contribution >= 0.6 is 11.6 Å². The third kappa shape index (κ3) is 4.55. The molecule has 0 radical (unpaired) electrons. The Morgan fingerprint density at radius 3 is 2.69 bits per heavy atom. The maximum Gasteiger partial charge on any atom is 0.425 e. The van der Waals surface area contributed by atoms with Crippen molar-refractivity contribution in [1.29, 1.82) is 5.26 Å². The van der Waals surface area contributed by atoms with Crippen LogP contribution in [0.15, 0.2) is 29.4 Å². The minimum atomic E-state index is -4.75.